The number of hydrogen-bond donors (Lipinski definition) is 1. The molecular formula is C24H21BrN2O4. The Labute approximate surface area is 187 Å². The first-order chi connectivity index (χ1) is 15.0. The van der Waals surface area contributed by atoms with Gasteiger partial charge in [0.25, 0.3) is 0 Å². The summed E-state index contributed by atoms with van der Waals surface area (Å²) in [6.07, 6.45) is 2.20. The lowest BCUT2D eigenvalue weighted by atomic mass is 9.98. The molecule has 2 aromatic heterocycles. The number of carbonyl (C=O) groups excluding carboxylic acids is 1. The zero-order valence-electron chi connectivity index (χ0n) is 17.2. The largest absolute Gasteiger partial charge is 0.478 e. The van der Waals surface area contributed by atoms with E-state index in [1.807, 2.05) is 32.0 Å². The van der Waals surface area contributed by atoms with E-state index in [9.17, 15) is 14.7 Å². The lowest BCUT2D eigenvalue weighted by Crippen LogP contribution is -2.03. The maximum Gasteiger partial charge on any atom is 0.336 e. The maximum absolute atomic E-state index is 11.7. The van der Waals surface area contributed by atoms with Gasteiger partial charge in [0.2, 0.25) is 0 Å². The molecule has 0 amide bonds. The Morgan fingerprint density at radius 3 is 2.65 bits per heavy atom. The maximum atomic E-state index is 11.7. The minimum absolute atomic E-state index is 0.185. The molecule has 4 aromatic rings. The summed E-state index contributed by atoms with van der Waals surface area (Å²) >= 11 is 3.48. The minimum Gasteiger partial charge on any atom is -0.478 e. The normalized spacial score (nSPS) is 11.2. The van der Waals surface area contributed by atoms with Gasteiger partial charge < -0.3 is 9.52 Å². The molecule has 6 nitrogen and oxygen atoms in total. The van der Waals surface area contributed by atoms with Crippen LogP contribution < -0.4 is 0 Å². The van der Waals surface area contributed by atoms with E-state index in [0.717, 1.165) is 40.3 Å². The summed E-state index contributed by atoms with van der Waals surface area (Å²) in [5.41, 5.74) is 4.20. The van der Waals surface area contributed by atoms with Gasteiger partial charge in [-0.3, -0.25) is 9.48 Å². The van der Waals surface area contributed by atoms with E-state index in [-0.39, 0.29) is 5.56 Å². The van der Waals surface area contributed by atoms with E-state index in [1.54, 1.807) is 28.9 Å². The van der Waals surface area contributed by atoms with E-state index in [2.05, 4.69) is 21.0 Å². The fraction of sp³-hybridized carbons (Fsp3) is 0.208. The van der Waals surface area contributed by atoms with Gasteiger partial charge in [-0.1, -0.05) is 37.3 Å². The Morgan fingerprint density at radius 1 is 1.19 bits per heavy atom. The highest BCUT2D eigenvalue weighted by Crippen LogP contribution is 2.39. The molecule has 0 aliphatic heterocycles. The van der Waals surface area contributed by atoms with Crippen LogP contribution in [0.2, 0.25) is 0 Å². The molecule has 0 saturated carbocycles. The number of benzene rings is 2. The summed E-state index contributed by atoms with van der Waals surface area (Å²) in [7, 11) is 0. The molecule has 0 bridgehead atoms. The van der Waals surface area contributed by atoms with Gasteiger partial charge in [0.05, 0.1) is 11.3 Å². The molecule has 0 aliphatic rings. The van der Waals surface area contributed by atoms with Crippen LogP contribution in [0, 0.1) is 0 Å². The number of halogens is 1. The summed E-state index contributed by atoms with van der Waals surface area (Å²) in [5, 5.41) is 15.8. The monoisotopic (exact) mass is 480 g/mol. The molecule has 158 valence electrons. The molecule has 0 atom stereocenters. The van der Waals surface area contributed by atoms with Crippen molar-refractivity contribution in [2.24, 2.45) is 0 Å². The van der Waals surface area contributed by atoms with Gasteiger partial charge in [0.1, 0.15) is 11.5 Å². The number of hydrogen-bond acceptors (Lipinski definition) is 4. The fourth-order valence-corrected chi connectivity index (χ4v) is 4.44. The van der Waals surface area contributed by atoms with E-state index < -0.39 is 5.97 Å². The van der Waals surface area contributed by atoms with Crippen LogP contribution >= 0.6 is 15.9 Å². The lowest BCUT2D eigenvalue weighted by Gasteiger charge is -2.05. The van der Waals surface area contributed by atoms with Crippen molar-refractivity contribution in [1.82, 2.24) is 9.78 Å². The molecule has 2 heterocycles. The zero-order valence-corrected chi connectivity index (χ0v) is 18.8. The van der Waals surface area contributed by atoms with Crippen LogP contribution in [0.25, 0.3) is 22.1 Å². The smallest absolute Gasteiger partial charge is 0.336 e. The van der Waals surface area contributed by atoms with E-state index >= 15 is 0 Å². The number of aryl methyl sites for hydroxylation is 2. The number of rotatable bonds is 7. The van der Waals surface area contributed by atoms with Crippen molar-refractivity contribution in [3.05, 3.63) is 75.2 Å². The van der Waals surface area contributed by atoms with Crippen LogP contribution in [-0.4, -0.2) is 27.1 Å². The Morgan fingerprint density at radius 2 is 1.97 bits per heavy atom. The molecule has 0 saturated heterocycles. The molecule has 31 heavy (non-hydrogen) atoms. The van der Waals surface area contributed by atoms with Crippen molar-refractivity contribution < 1.29 is 19.1 Å². The van der Waals surface area contributed by atoms with Crippen LogP contribution in [0.15, 0.2) is 51.6 Å². The van der Waals surface area contributed by atoms with Crippen molar-refractivity contribution in [2.75, 3.05) is 0 Å². The Bertz CT molecular complexity index is 1300. The zero-order chi connectivity index (χ0) is 22.1. The second-order valence-electron chi connectivity index (χ2n) is 7.21. The third-order valence-electron chi connectivity index (χ3n) is 5.44. The Balaban J connectivity index is 1.80. The summed E-state index contributed by atoms with van der Waals surface area (Å²) in [5.74, 6) is -0.498. The lowest BCUT2D eigenvalue weighted by molar-refractivity contribution is 0.0697. The van der Waals surface area contributed by atoms with E-state index in [1.165, 1.54) is 0 Å². The third-order valence-corrected chi connectivity index (χ3v) is 6.03. The van der Waals surface area contributed by atoms with Crippen molar-refractivity contribution >= 4 is 39.0 Å². The highest BCUT2D eigenvalue weighted by atomic mass is 79.9. The van der Waals surface area contributed by atoms with E-state index in [4.69, 9.17) is 4.42 Å². The number of carboxylic acid groups (broad SMARTS) is 1. The van der Waals surface area contributed by atoms with Crippen LogP contribution in [0.4, 0.5) is 0 Å². The predicted octanol–water partition coefficient (Wildman–Crippen LogP) is 5.74. The van der Waals surface area contributed by atoms with Gasteiger partial charge in [-0.25, -0.2) is 4.79 Å². The summed E-state index contributed by atoms with van der Waals surface area (Å²) in [4.78, 5) is 23.4. The highest BCUT2D eigenvalue weighted by molar-refractivity contribution is 9.10. The number of carbonyl (C=O) groups is 2. The van der Waals surface area contributed by atoms with Crippen molar-refractivity contribution in [3.63, 3.8) is 0 Å². The number of fused-ring (bicyclic) bond motifs is 1. The molecule has 0 spiro atoms. The van der Waals surface area contributed by atoms with Crippen LogP contribution in [-0.2, 0) is 19.4 Å². The van der Waals surface area contributed by atoms with Crippen molar-refractivity contribution in [1.29, 1.82) is 0 Å². The van der Waals surface area contributed by atoms with Gasteiger partial charge >= 0.3 is 5.97 Å². The van der Waals surface area contributed by atoms with Gasteiger partial charge in [-0.05, 0) is 47.0 Å². The molecule has 1 N–H and O–H groups in total. The molecule has 0 unspecified atom stereocenters. The average molecular weight is 481 g/mol. The second-order valence-corrected chi connectivity index (χ2v) is 7.93. The van der Waals surface area contributed by atoms with Gasteiger partial charge in [-0.15, -0.1) is 0 Å². The van der Waals surface area contributed by atoms with Gasteiger partial charge in [0.15, 0.2) is 11.0 Å². The molecule has 0 aliphatic carbocycles. The SMILES string of the molecule is CCc1nn(CC)c(C=O)c1Cc1ccc2c(-c3ccccc3C(=O)O)oc(Br)c2c1. The molecule has 4 rings (SSSR count). The second kappa shape index (κ2) is 8.51. The quantitative estimate of drug-likeness (QED) is 0.340. The number of carboxylic acids is 1. The Hall–Kier alpha value is -3.19. The molecule has 7 heteroatoms. The standard InChI is InChI=1S/C24H21BrN2O4/c1-3-20-19(21(13-28)27(4-2)26-20)12-14-9-10-16-18(11-14)23(25)31-22(16)15-7-5-6-8-17(15)24(29)30/h5-11,13H,3-4,12H2,1-2H3,(H,29,30). The fourth-order valence-electron chi connectivity index (χ4n) is 3.95. The number of aldehydes is 1. The van der Waals surface area contributed by atoms with Crippen LogP contribution in [0.3, 0.4) is 0 Å². The first-order valence-electron chi connectivity index (χ1n) is 10.1. The average Bonchev–Trinajstić information content (AvgIpc) is 3.30. The predicted molar refractivity (Wildman–Crippen MR) is 122 cm³/mol. The topological polar surface area (TPSA) is 85.3 Å². The number of nitrogens with zero attached hydrogens (tertiary/aromatic N) is 2. The van der Waals surface area contributed by atoms with Gasteiger partial charge in [-0.2, -0.15) is 5.10 Å². The molecule has 2 aromatic carbocycles. The van der Waals surface area contributed by atoms with E-state index in [0.29, 0.717) is 34.7 Å². The van der Waals surface area contributed by atoms with Crippen molar-refractivity contribution in [2.45, 2.75) is 33.2 Å². The first-order valence-corrected chi connectivity index (χ1v) is 10.8. The minimum atomic E-state index is -1.01. The summed E-state index contributed by atoms with van der Waals surface area (Å²) < 4.78 is 8.22. The summed E-state index contributed by atoms with van der Waals surface area (Å²) in [6, 6.07) is 12.7. The van der Waals surface area contributed by atoms with Crippen LogP contribution in [0.1, 0.15) is 51.5 Å². The Kier molecular flexibility index (Phi) is 5.78. The molecular weight excluding hydrogens is 460 g/mol. The number of furan rings is 1. The third kappa shape index (κ3) is 3.70. The van der Waals surface area contributed by atoms with Crippen LogP contribution in [0.5, 0.6) is 0 Å². The first kappa shape index (κ1) is 21.1. The van der Waals surface area contributed by atoms with Gasteiger partial charge in [0, 0.05) is 34.9 Å². The molecule has 0 radical (unpaired) electrons. The highest BCUT2D eigenvalue weighted by Gasteiger charge is 2.20. The van der Waals surface area contributed by atoms with Crippen molar-refractivity contribution in [3.8, 4) is 11.3 Å². The number of aromatic carboxylic acids is 1. The number of aromatic nitrogens is 2. The molecule has 0 fully saturated rings. The summed E-state index contributed by atoms with van der Waals surface area (Å²) in [6.45, 7) is 4.64.